The summed E-state index contributed by atoms with van der Waals surface area (Å²) in [6, 6.07) is 28.8. The molecule has 0 spiro atoms. The smallest absolute Gasteiger partial charge is 0.342 e. The third kappa shape index (κ3) is 4.63. The summed E-state index contributed by atoms with van der Waals surface area (Å²) in [5.74, 6) is -0.267. The van der Waals surface area contributed by atoms with Gasteiger partial charge in [-0.15, -0.1) is 0 Å². The Hall–Kier alpha value is -2.15. The van der Waals surface area contributed by atoms with Crippen LogP contribution in [-0.4, -0.2) is 18.2 Å². The average molecular weight is 413 g/mol. The molecule has 0 bridgehead atoms. The Bertz CT molecular complexity index is 879. The Morgan fingerprint density at radius 3 is 1.64 bits per heavy atom. The zero-order valence-electron chi connectivity index (χ0n) is 16.7. The van der Waals surface area contributed by atoms with E-state index in [4.69, 9.17) is 4.74 Å². The molecule has 3 aromatic carbocycles. The maximum absolute atomic E-state index is 13.0. The largest absolute Gasteiger partial charge is 1.00 e. The van der Waals surface area contributed by atoms with E-state index in [-0.39, 0.29) is 18.4 Å². The average Bonchev–Trinajstić information content (AvgIpc) is 2.67. The molecule has 0 saturated heterocycles. The van der Waals surface area contributed by atoms with E-state index in [0.717, 1.165) is 5.30 Å². The van der Waals surface area contributed by atoms with Gasteiger partial charge in [-0.05, 0) is 57.2 Å². The van der Waals surface area contributed by atoms with Gasteiger partial charge in [-0.25, -0.2) is 4.79 Å². The Morgan fingerprint density at radius 2 is 1.18 bits per heavy atom. The van der Waals surface area contributed by atoms with Crippen LogP contribution in [0.25, 0.3) is 0 Å². The van der Waals surface area contributed by atoms with Crippen LogP contribution < -0.4 is 28.3 Å². The van der Waals surface area contributed by atoms with E-state index >= 15 is 0 Å². The van der Waals surface area contributed by atoms with Crippen LogP contribution in [0.5, 0.6) is 0 Å². The van der Waals surface area contributed by atoms with Gasteiger partial charge in [0, 0.05) is 0 Å². The van der Waals surface area contributed by atoms with E-state index in [1.54, 1.807) is 0 Å². The number of rotatable bonds is 4. The van der Waals surface area contributed by atoms with Crippen LogP contribution in [0.2, 0.25) is 0 Å². The molecule has 0 aliphatic rings. The summed E-state index contributed by atoms with van der Waals surface area (Å²) in [7, 11) is -1.98. The molecule has 0 saturated carbocycles. The van der Waals surface area contributed by atoms with Crippen molar-refractivity contribution in [3.63, 3.8) is 0 Å². The molecular weight excluding hydrogens is 387 g/mol. The van der Waals surface area contributed by atoms with Crippen molar-refractivity contribution in [3.05, 3.63) is 90.5 Å². The highest BCUT2D eigenvalue weighted by atomic mass is 35.5. The minimum atomic E-state index is -1.98. The van der Waals surface area contributed by atoms with E-state index in [0.29, 0.717) is 5.56 Å². The van der Waals surface area contributed by atoms with Crippen molar-refractivity contribution < 1.29 is 21.9 Å². The number of carbonyl (C=O) groups excluding carboxylic acids is 1. The van der Waals surface area contributed by atoms with E-state index in [1.165, 1.54) is 10.6 Å². The predicted octanol–water partition coefficient (Wildman–Crippen LogP) is 1.57. The molecule has 0 radical (unpaired) electrons. The summed E-state index contributed by atoms with van der Waals surface area (Å²) in [6.07, 6.45) is 0. The third-order valence-electron chi connectivity index (χ3n) is 4.55. The molecule has 0 unspecified atom stereocenters. The van der Waals surface area contributed by atoms with Crippen LogP contribution in [0.15, 0.2) is 84.9 Å². The lowest BCUT2D eigenvalue weighted by Crippen LogP contribution is -3.00. The van der Waals surface area contributed by atoms with Crippen molar-refractivity contribution >= 4 is 29.1 Å². The zero-order valence-corrected chi connectivity index (χ0v) is 18.4. The van der Waals surface area contributed by atoms with Gasteiger partial charge in [0.05, 0.1) is 6.66 Å². The van der Waals surface area contributed by atoms with Gasteiger partial charge in [0.25, 0.3) is 0 Å². The molecule has 2 nitrogen and oxygen atoms in total. The molecule has 0 heterocycles. The highest BCUT2D eigenvalue weighted by Crippen LogP contribution is 2.52. The number of benzene rings is 3. The van der Waals surface area contributed by atoms with Gasteiger partial charge in [-0.1, -0.05) is 48.5 Å². The van der Waals surface area contributed by atoms with E-state index < -0.39 is 12.9 Å². The summed E-state index contributed by atoms with van der Waals surface area (Å²) in [5.41, 5.74) is 0.120. The van der Waals surface area contributed by atoms with Crippen molar-refractivity contribution in [3.8, 4) is 0 Å². The molecule has 28 heavy (non-hydrogen) atoms. The van der Waals surface area contributed by atoms with Gasteiger partial charge < -0.3 is 17.1 Å². The van der Waals surface area contributed by atoms with Crippen molar-refractivity contribution in [2.75, 3.05) is 6.66 Å². The number of ether oxygens (including phenoxy) is 1. The van der Waals surface area contributed by atoms with Crippen molar-refractivity contribution in [1.82, 2.24) is 0 Å². The fourth-order valence-corrected chi connectivity index (χ4v) is 6.67. The third-order valence-corrected chi connectivity index (χ3v) is 8.57. The van der Waals surface area contributed by atoms with Gasteiger partial charge >= 0.3 is 5.97 Å². The molecule has 0 aromatic heterocycles. The second-order valence-electron chi connectivity index (χ2n) is 7.70. The second-order valence-corrected chi connectivity index (χ2v) is 11.2. The van der Waals surface area contributed by atoms with Gasteiger partial charge in [-0.2, -0.15) is 0 Å². The number of carbonyl (C=O) groups is 1. The first-order valence-corrected chi connectivity index (χ1v) is 11.4. The zero-order chi connectivity index (χ0) is 19.5. The molecule has 0 N–H and O–H groups in total. The van der Waals surface area contributed by atoms with Crippen molar-refractivity contribution in [2.45, 2.75) is 26.4 Å². The SMILES string of the molecule is CC(C)(C)OC(=O)c1ccccc1[P+](C)(c1ccccc1)c1ccccc1.[Cl-]. The molecule has 3 aromatic rings. The lowest BCUT2D eigenvalue weighted by molar-refractivity contribution is -0.000177. The predicted molar refractivity (Wildman–Crippen MR) is 116 cm³/mol. The Morgan fingerprint density at radius 1 is 0.750 bits per heavy atom. The quantitative estimate of drug-likeness (QED) is 0.480. The van der Waals surface area contributed by atoms with Gasteiger partial charge in [0.2, 0.25) is 0 Å². The van der Waals surface area contributed by atoms with Crippen molar-refractivity contribution in [1.29, 1.82) is 0 Å². The van der Waals surface area contributed by atoms with E-state index in [1.807, 2.05) is 51.1 Å². The summed E-state index contributed by atoms with van der Waals surface area (Å²) < 4.78 is 5.71. The first kappa shape index (κ1) is 22.1. The highest BCUT2D eigenvalue weighted by Gasteiger charge is 2.43. The summed E-state index contributed by atoms with van der Waals surface area (Å²) in [6.45, 7) is 7.98. The monoisotopic (exact) mass is 412 g/mol. The van der Waals surface area contributed by atoms with Crippen molar-refractivity contribution in [2.24, 2.45) is 0 Å². The standard InChI is InChI=1S/C24H26O2P.ClH/c1-24(2,3)26-23(25)21-17-11-12-18-22(21)27(4,19-13-7-5-8-14-19)20-15-9-6-10-16-20;/h5-18H,1-4H3;1H/q+1;/p-1. The molecule has 0 aliphatic heterocycles. The number of hydrogen-bond donors (Lipinski definition) is 0. The Balaban J connectivity index is 0.00000280. The Kier molecular flexibility index (Phi) is 7.04. The summed E-state index contributed by atoms with van der Waals surface area (Å²) in [4.78, 5) is 13.0. The Labute approximate surface area is 174 Å². The van der Waals surface area contributed by atoms with E-state index in [9.17, 15) is 4.79 Å². The fraction of sp³-hybridized carbons (Fsp3) is 0.208. The molecule has 0 atom stereocenters. The van der Waals surface area contributed by atoms with E-state index in [2.05, 4.69) is 61.3 Å². The summed E-state index contributed by atoms with van der Waals surface area (Å²) >= 11 is 0. The number of esters is 1. The number of hydrogen-bond acceptors (Lipinski definition) is 2. The number of halogens is 1. The summed E-state index contributed by atoms with van der Waals surface area (Å²) in [5, 5.41) is 3.54. The van der Waals surface area contributed by atoms with Crippen LogP contribution in [-0.2, 0) is 4.74 Å². The van der Waals surface area contributed by atoms with Gasteiger partial charge in [-0.3, -0.25) is 0 Å². The molecule has 0 amide bonds. The first-order chi connectivity index (χ1) is 12.8. The first-order valence-electron chi connectivity index (χ1n) is 9.13. The van der Waals surface area contributed by atoms with Crippen LogP contribution in [0.3, 0.4) is 0 Å². The second kappa shape index (κ2) is 8.90. The van der Waals surface area contributed by atoms with Crippen LogP contribution >= 0.6 is 7.26 Å². The lowest BCUT2D eigenvalue weighted by Gasteiger charge is -2.26. The van der Waals surface area contributed by atoms with Crippen LogP contribution in [0.1, 0.15) is 31.1 Å². The normalized spacial score (nSPS) is 11.4. The topological polar surface area (TPSA) is 26.3 Å². The van der Waals surface area contributed by atoms with Crippen LogP contribution in [0.4, 0.5) is 0 Å². The van der Waals surface area contributed by atoms with Gasteiger partial charge in [0.1, 0.15) is 34.3 Å². The molecule has 4 heteroatoms. The molecular formula is C24H26ClO2P. The minimum Gasteiger partial charge on any atom is -1.00 e. The van der Waals surface area contributed by atoms with Crippen LogP contribution in [0, 0.1) is 0 Å². The molecule has 0 fully saturated rings. The lowest BCUT2D eigenvalue weighted by atomic mass is 10.1. The maximum Gasteiger partial charge on any atom is 0.342 e. The molecule has 146 valence electrons. The maximum atomic E-state index is 13.0. The highest BCUT2D eigenvalue weighted by molar-refractivity contribution is 7.95. The van der Waals surface area contributed by atoms with Gasteiger partial charge in [0.15, 0.2) is 0 Å². The molecule has 0 aliphatic carbocycles. The fourth-order valence-electron chi connectivity index (χ4n) is 3.25. The molecule has 3 rings (SSSR count). The minimum absolute atomic E-state index is 0.